The van der Waals surface area contributed by atoms with Gasteiger partial charge in [0.25, 0.3) is 0 Å². The van der Waals surface area contributed by atoms with Crippen LogP contribution in [0.3, 0.4) is 0 Å². The van der Waals surface area contributed by atoms with E-state index in [0.29, 0.717) is 0 Å². The van der Waals surface area contributed by atoms with Crippen LogP contribution < -0.4 is 26.6 Å². The summed E-state index contributed by atoms with van der Waals surface area (Å²) in [6.07, 6.45) is 0. The van der Waals surface area contributed by atoms with E-state index >= 15 is 0 Å². The molecule has 0 bridgehead atoms. The standard InChI is InChI=1S/C18H17N2OP/c19-14-6-10-17(11-7-14)22(18-12-8-15(20)9-13-18)21-16-4-2-1-3-5-16/h1-13H,19-20H2. The Morgan fingerprint density at radius 3 is 1.50 bits per heavy atom. The van der Waals surface area contributed by atoms with Gasteiger partial charge in [0.1, 0.15) is 5.75 Å². The van der Waals surface area contributed by atoms with Crippen LogP contribution in [-0.2, 0) is 0 Å². The summed E-state index contributed by atoms with van der Waals surface area (Å²) < 4.78 is 6.25. The highest BCUT2D eigenvalue weighted by Gasteiger charge is 2.17. The first-order valence-electron chi connectivity index (χ1n) is 6.96. The van der Waals surface area contributed by atoms with Gasteiger partial charge in [-0.15, -0.1) is 0 Å². The van der Waals surface area contributed by atoms with Gasteiger partial charge in [0, 0.05) is 22.0 Å². The average Bonchev–Trinajstić information content (AvgIpc) is 2.56. The van der Waals surface area contributed by atoms with Crippen LogP contribution in [0, 0.1) is 0 Å². The number of hydrogen-bond acceptors (Lipinski definition) is 3. The van der Waals surface area contributed by atoms with E-state index in [4.69, 9.17) is 16.0 Å². The Morgan fingerprint density at radius 2 is 1.05 bits per heavy atom. The van der Waals surface area contributed by atoms with Crippen LogP contribution in [0.4, 0.5) is 11.4 Å². The van der Waals surface area contributed by atoms with Gasteiger partial charge in [-0.25, -0.2) is 0 Å². The summed E-state index contributed by atoms with van der Waals surface area (Å²) in [5, 5.41) is 2.22. The monoisotopic (exact) mass is 308 g/mol. The van der Waals surface area contributed by atoms with Gasteiger partial charge in [0.05, 0.1) is 0 Å². The Morgan fingerprint density at radius 1 is 0.591 bits per heavy atom. The van der Waals surface area contributed by atoms with Crippen molar-refractivity contribution in [3.63, 3.8) is 0 Å². The van der Waals surface area contributed by atoms with Crippen LogP contribution in [-0.4, -0.2) is 0 Å². The molecule has 3 nitrogen and oxygen atoms in total. The maximum Gasteiger partial charge on any atom is 0.150 e. The highest BCUT2D eigenvalue weighted by molar-refractivity contribution is 7.68. The molecule has 0 spiro atoms. The molecule has 0 aromatic heterocycles. The first kappa shape index (κ1) is 14.4. The summed E-state index contributed by atoms with van der Waals surface area (Å²) in [6.45, 7) is 0. The molecule has 3 aromatic carbocycles. The molecule has 0 heterocycles. The molecule has 4 heteroatoms. The van der Waals surface area contributed by atoms with Crippen molar-refractivity contribution in [2.45, 2.75) is 0 Å². The van der Waals surface area contributed by atoms with E-state index in [9.17, 15) is 0 Å². The van der Waals surface area contributed by atoms with Crippen molar-refractivity contribution in [1.29, 1.82) is 0 Å². The fraction of sp³-hybridized carbons (Fsp3) is 0. The minimum absolute atomic E-state index is 0.746. The van der Waals surface area contributed by atoms with Gasteiger partial charge < -0.3 is 16.0 Å². The van der Waals surface area contributed by atoms with E-state index in [1.807, 2.05) is 78.9 Å². The molecule has 22 heavy (non-hydrogen) atoms. The minimum atomic E-state index is -0.963. The highest BCUT2D eigenvalue weighted by atomic mass is 31.1. The minimum Gasteiger partial charge on any atom is -0.464 e. The second-order valence-electron chi connectivity index (χ2n) is 4.88. The van der Waals surface area contributed by atoms with Crippen molar-refractivity contribution in [2.75, 3.05) is 11.5 Å². The Labute approximate surface area is 131 Å². The average molecular weight is 308 g/mol. The SMILES string of the molecule is Nc1ccc(P(Oc2ccccc2)c2ccc(N)cc2)cc1. The molecule has 3 aromatic rings. The lowest BCUT2D eigenvalue weighted by molar-refractivity contribution is 0.630. The Balaban J connectivity index is 1.97. The maximum atomic E-state index is 6.25. The number of nitrogen functional groups attached to an aromatic ring is 2. The van der Waals surface area contributed by atoms with Crippen molar-refractivity contribution in [3.05, 3.63) is 78.9 Å². The fourth-order valence-corrected chi connectivity index (χ4v) is 3.74. The lowest BCUT2D eigenvalue weighted by Gasteiger charge is -2.19. The second kappa shape index (κ2) is 6.50. The summed E-state index contributed by atoms with van der Waals surface area (Å²) in [5.41, 5.74) is 13.1. The normalized spacial score (nSPS) is 10.6. The molecular weight excluding hydrogens is 291 g/mol. The maximum absolute atomic E-state index is 6.25. The highest BCUT2D eigenvalue weighted by Crippen LogP contribution is 2.36. The molecule has 0 saturated carbocycles. The molecular formula is C18H17N2OP. The smallest absolute Gasteiger partial charge is 0.150 e. The van der Waals surface area contributed by atoms with E-state index in [1.54, 1.807) is 0 Å². The number of rotatable bonds is 4. The third kappa shape index (κ3) is 3.38. The third-order valence-electron chi connectivity index (χ3n) is 3.20. The number of para-hydroxylation sites is 1. The second-order valence-corrected chi connectivity index (χ2v) is 6.69. The molecule has 110 valence electrons. The van der Waals surface area contributed by atoms with Crippen molar-refractivity contribution in [1.82, 2.24) is 0 Å². The van der Waals surface area contributed by atoms with E-state index in [1.165, 1.54) is 0 Å². The Hall–Kier alpha value is -2.51. The van der Waals surface area contributed by atoms with E-state index in [-0.39, 0.29) is 0 Å². The molecule has 0 unspecified atom stereocenters. The zero-order valence-corrected chi connectivity index (χ0v) is 12.9. The summed E-state index contributed by atoms with van der Waals surface area (Å²) in [4.78, 5) is 0. The van der Waals surface area contributed by atoms with Gasteiger partial charge in [0.15, 0.2) is 8.15 Å². The van der Waals surface area contributed by atoms with Gasteiger partial charge in [-0.2, -0.15) is 0 Å². The van der Waals surface area contributed by atoms with Crippen LogP contribution in [0.25, 0.3) is 0 Å². The molecule has 0 radical (unpaired) electrons. The van der Waals surface area contributed by atoms with E-state index in [0.717, 1.165) is 27.7 Å². The van der Waals surface area contributed by atoms with Crippen molar-refractivity contribution in [3.8, 4) is 5.75 Å². The van der Waals surface area contributed by atoms with Crippen LogP contribution in [0.15, 0.2) is 78.9 Å². The van der Waals surface area contributed by atoms with E-state index < -0.39 is 8.15 Å². The Kier molecular flexibility index (Phi) is 4.27. The summed E-state index contributed by atoms with van der Waals surface area (Å²) in [6, 6.07) is 25.5. The topological polar surface area (TPSA) is 61.3 Å². The zero-order valence-electron chi connectivity index (χ0n) is 12.0. The molecule has 3 rings (SSSR count). The summed E-state index contributed by atoms with van der Waals surface area (Å²) >= 11 is 0. The number of benzene rings is 3. The number of hydrogen-bond donors (Lipinski definition) is 2. The van der Waals surface area contributed by atoms with Gasteiger partial charge in [-0.3, -0.25) is 0 Å². The predicted octanol–water partition coefficient (Wildman–Crippen LogP) is 3.28. The lowest BCUT2D eigenvalue weighted by Crippen LogP contribution is -2.16. The molecule has 0 amide bonds. The fourth-order valence-electron chi connectivity index (χ4n) is 2.06. The first-order chi connectivity index (χ1) is 10.7. The molecule has 0 aliphatic carbocycles. The predicted molar refractivity (Wildman–Crippen MR) is 95.0 cm³/mol. The van der Waals surface area contributed by atoms with Crippen molar-refractivity contribution >= 4 is 30.1 Å². The molecule has 0 aliphatic heterocycles. The van der Waals surface area contributed by atoms with Gasteiger partial charge in [-0.1, -0.05) is 18.2 Å². The van der Waals surface area contributed by atoms with Crippen molar-refractivity contribution in [2.24, 2.45) is 0 Å². The van der Waals surface area contributed by atoms with Crippen LogP contribution >= 0.6 is 8.15 Å². The van der Waals surface area contributed by atoms with Crippen LogP contribution in [0.2, 0.25) is 0 Å². The lowest BCUT2D eigenvalue weighted by atomic mass is 10.3. The summed E-state index contributed by atoms with van der Waals surface area (Å²) in [7, 11) is -0.963. The zero-order chi connectivity index (χ0) is 15.4. The summed E-state index contributed by atoms with van der Waals surface area (Å²) in [5.74, 6) is 0.849. The third-order valence-corrected chi connectivity index (χ3v) is 5.12. The van der Waals surface area contributed by atoms with Crippen molar-refractivity contribution < 1.29 is 4.52 Å². The van der Waals surface area contributed by atoms with E-state index in [2.05, 4.69) is 0 Å². The van der Waals surface area contributed by atoms with Crippen LogP contribution in [0.1, 0.15) is 0 Å². The van der Waals surface area contributed by atoms with Gasteiger partial charge in [-0.05, 0) is 60.7 Å². The molecule has 0 atom stereocenters. The molecule has 4 N–H and O–H groups in total. The van der Waals surface area contributed by atoms with Gasteiger partial charge in [0.2, 0.25) is 0 Å². The Bertz CT molecular complexity index is 682. The number of anilines is 2. The molecule has 0 fully saturated rings. The largest absolute Gasteiger partial charge is 0.464 e. The van der Waals surface area contributed by atoms with Crippen LogP contribution in [0.5, 0.6) is 5.75 Å². The van der Waals surface area contributed by atoms with Gasteiger partial charge >= 0.3 is 0 Å². The first-order valence-corrected chi connectivity index (χ1v) is 8.22. The molecule has 0 aliphatic rings. The number of nitrogens with two attached hydrogens (primary N) is 2. The molecule has 0 saturated heterocycles. The quantitative estimate of drug-likeness (QED) is 0.574.